The number of pyridine rings is 3. The number of hydrogen-bond donors (Lipinski definition) is 1. The van der Waals surface area contributed by atoms with Crippen LogP contribution < -0.4 is 0 Å². The summed E-state index contributed by atoms with van der Waals surface area (Å²) in [5.41, 5.74) is 2.56. The van der Waals surface area contributed by atoms with Gasteiger partial charge >= 0.3 is 5.97 Å². The minimum Gasteiger partial charge on any atom is -0.477 e. The van der Waals surface area contributed by atoms with Crippen LogP contribution in [0.5, 0.6) is 0 Å². The third kappa shape index (κ3) is 4.54. The van der Waals surface area contributed by atoms with Gasteiger partial charge in [0, 0.05) is 49.6 Å². The molecule has 0 spiro atoms. The number of hydrogen-bond acceptors (Lipinski definition) is 4. The number of carboxylic acid groups (broad SMARTS) is 1. The zero-order chi connectivity index (χ0) is 22.0. The molecule has 0 aliphatic heterocycles. The number of fused-ring (bicyclic) bond motifs is 3. The van der Waals surface area contributed by atoms with Gasteiger partial charge in [-0.2, -0.15) is 0 Å². The van der Waals surface area contributed by atoms with Crippen LogP contribution >= 0.6 is 0 Å². The van der Waals surface area contributed by atoms with Crippen molar-refractivity contribution in [1.82, 2.24) is 19.5 Å². The molecule has 163 valence electrons. The number of para-hydroxylation sites is 1. The molecule has 0 saturated carbocycles. The predicted octanol–water partition coefficient (Wildman–Crippen LogP) is 4.64. The molecule has 32 heavy (non-hydrogen) atoms. The maximum absolute atomic E-state index is 13.1. The fourth-order valence-electron chi connectivity index (χ4n) is 3.24. The first-order valence-electron chi connectivity index (χ1n) is 9.17. The van der Waals surface area contributed by atoms with Gasteiger partial charge in [-0.3, -0.25) is 4.98 Å². The number of halogens is 2. The molecule has 6 nitrogen and oxygen atoms in total. The first-order valence-corrected chi connectivity index (χ1v) is 9.17. The summed E-state index contributed by atoms with van der Waals surface area (Å²) in [6.07, 6.45) is 3.13. The monoisotopic (exact) mass is 610 g/mol. The van der Waals surface area contributed by atoms with Crippen LogP contribution in [-0.4, -0.2) is 30.6 Å². The molecule has 0 amide bonds. The van der Waals surface area contributed by atoms with Crippen molar-refractivity contribution >= 4 is 27.8 Å². The third-order valence-electron chi connectivity index (χ3n) is 4.69. The molecule has 5 aromatic rings. The van der Waals surface area contributed by atoms with Crippen LogP contribution in [0.3, 0.4) is 0 Å². The van der Waals surface area contributed by atoms with Crippen molar-refractivity contribution in [3.63, 3.8) is 0 Å². The van der Waals surface area contributed by atoms with E-state index in [2.05, 4.69) is 21.0 Å². The van der Waals surface area contributed by atoms with E-state index in [1.807, 2.05) is 35.9 Å². The van der Waals surface area contributed by atoms with Gasteiger partial charge in [0.2, 0.25) is 0 Å². The van der Waals surface area contributed by atoms with Gasteiger partial charge < -0.3 is 14.7 Å². The van der Waals surface area contributed by atoms with Crippen LogP contribution in [0.15, 0.2) is 67.0 Å². The van der Waals surface area contributed by atoms with E-state index in [4.69, 9.17) is 5.11 Å². The Bertz CT molecular complexity index is 1410. The van der Waals surface area contributed by atoms with Crippen LogP contribution in [0.2, 0.25) is 0 Å². The van der Waals surface area contributed by atoms with Crippen molar-refractivity contribution < 1.29 is 38.8 Å². The Kier molecular flexibility index (Phi) is 7.02. The van der Waals surface area contributed by atoms with Crippen LogP contribution in [0.1, 0.15) is 10.5 Å². The van der Waals surface area contributed by atoms with Crippen molar-refractivity contribution in [2.75, 3.05) is 0 Å². The first-order chi connectivity index (χ1) is 15.0. The number of nitrogens with zero attached hydrogens (tertiary/aromatic N) is 4. The minimum absolute atomic E-state index is 0. The molecule has 4 heterocycles. The van der Waals surface area contributed by atoms with Crippen LogP contribution in [0.25, 0.3) is 33.1 Å². The normalized spacial score (nSPS) is 10.3. The molecule has 0 bridgehead atoms. The summed E-state index contributed by atoms with van der Waals surface area (Å²) >= 11 is 0. The molecule has 0 unspecified atom stereocenters. The molecular formula is C23H15F2IrN4O2-. The minimum atomic E-state index is -1.00. The van der Waals surface area contributed by atoms with E-state index in [0.29, 0.717) is 5.69 Å². The molecule has 0 aliphatic carbocycles. The van der Waals surface area contributed by atoms with Gasteiger partial charge in [0.25, 0.3) is 0 Å². The largest absolute Gasteiger partial charge is 0.477 e. The molecule has 0 atom stereocenters. The fourth-order valence-corrected chi connectivity index (χ4v) is 3.24. The molecule has 1 aromatic carbocycles. The van der Waals surface area contributed by atoms with Crippen LogP contribution in [-0.2, 0) is 27.2 Å². The average Bonchev–Trinajstić information content (AvgIpc) is 3.07. The first kappa shape index (κ1) is 23.1. The molecular weight excluding hydrogens is 594 g/mol. The summed E-state index contributed by atoms with van der Waals surface area (Å²) in [4.78, 5) is 21.8. The van der Waals surface area contributed by atoms with Gasteiger partial charge in [-0.15, -0.1) is 6.07 Å². The molecule has 9 heteroatoms. The van der Waals surface area contributed by atoms with Crippen molar-refractivity contribution in [3.8, 4) is 11.3 Å². The van der Waals surface area contributed by atoms with E-state index in [9.17, 15) is 13.6 Å². The quantitative estimate of drug-likeness (QED) is 0.233. The van der Waals surface area contributed by atoms with E-state index in [1.54, 1.807) is 30.5 Å². The molecule has 0 fully saturated rings. The topological polar surface area (TPSA) is 80.9 Å². The van der Waals surface area contributed by atoms with Crippen molar-refractivity contribution in [2.24, 2.45) is 7.05 Å². The molecule has 0 saturated heterocycles. The Balaban J connectivity index is 0.000000178. The van der Waals surface area contributed by atoms with Gasteiger partial charge in [-0.25, -0.2) is 18.6 Å². The SMILES string of the molecule is Cn1c2ccccc2c2cc(C(=O)O)ncc21.Fc1c[c-]c(-c2ccccn2)c(F)n1.[Ir]. The Morgan fingerprint density at radius 1 is 1.03 bits per heavy atom. The van der Waals surface area contributed by atoms with E-state index in [1.165, 1.54) is 6.20 Å². The van der Waals surface area contributed by atoms with E-state index < -0.39 is 17.9 Å². The number of aromatic carboxylic acids is 1. The Morgan fingerprint density at radius 2 is 1.78 bits per heavy atom. The smallest absolute Gasteiger partial charge is 0.354 e. The number of aryl methyl sites for hydroxylation is 1. The van der Waals surface area contributed by atoms with Gasteiger partial charge in [-0.1, -0.05) is 42.0 Å². The average molecular weight is 610 g/mol. The Morgan fingerprint density at radius 3 is 2.47 bits per heavy atom. The van der Waals surface area contributed by atoms with Gasteiger partial charge in [0.1, 0.15) is 17.6 Å². The van der Waals surface area contributed by atoms with Gasteiger partial charge in [0.05, 0.1) is 11.7 Å². The number of aromatic nitrogens is 4. The summed E-state index contributed by atoms with van der Waals surface area (Å²) in [5.74, 6) is -2.79. The van der Waals surface area contributed by atoms with Crippen molar-refractivity contribution in [2.45, 2.75) is 0 Å². The zero-order valence-electron chi connectivity index (χ0n) is 16.6. The second-order valence-electron chi connectivity index (χ2n) is 6.57. The summed E-state index contributed by atoms with van der Waals surface area (Å²) in [6, 6.07) is 18.0. The van der Waals surface area contributed by atoms with Crippen LogP contribution in [0, 0.1) is 18.0 Å². The zero-order valence-corrected chi connectivity index (χ0v) is 19.0. The number of carbonyl (C=O) groups is 1. The number of carboxylic acids is 1. The Labute approximate surface area is 194 Å². The predicted molar refractivity (Wildman–Crippen MR) is 111 cm³/mol. The maximum Gasteiger partial charge on any atom is 0.354 e. The summed E-state index contributed by atoms with van der Waals surface area (Å²) < 4.78 is 27.6. The molecule has 4 aromatic heterocycles. The maximum atomic E-state index is 13.1. The van der Waals surface area contributed by atoms with Crippen LogP contribution in [0.4, 0.5) is 8.78 Å². The van der Waals surface area contributed by atoms with E-state index >= 15 is 0 Å². The molecule has 1 N–H and O–H groups in total. The summed E-state index contributed by atoms with van der Waals surface area (Å²) in [7, 11) is 1.95. The standard InChI is InChI=1S/C13H10N2O2.C10H5F2N2.Ir/c1-15-11-5-3-2-4-8(11)9-6-10(13(16)17)14-7-12(9)15;11-9-5-4-7(10(12)14-9)8-3-1-2-6-13-8;/h2-7H,1H3,(H,16,17);1-3,5-6H;/q;-1;. The summed E-state index contributed by atoms with van der Waals surface area (Å²) in [5, 5.41) is 10.9. The molecule has 0 aliphatic rings. The van der Waals surface area contributed by atoms with Crippen molar-refractivity contribution in [3.05, 3.63) is 90.6 Å². The fraction of sp³-hybridized carbons (Fsp3) is 0.0435. The van der Waals surface area contributed by atoms with E-state index in [0.717, 1.165) is 27.9 Å². The third-order valence-corrected chi connectivity index (χ3v) is 4.69. The molecule has 5 rings (SSSR count). The number of rotatable bonds is 2. The molecule has 1 radical (unpaired) electrons. The van der Waals surface area contributed by atoms with Gasteiger partial charge in [0.15, 0.2) is 0 Å². The number of benzene rings is 1. The van der Waals surface area contributed by atoms with Crippen molar-refractivity contribution in [1.29, 1.82) is 0 Å². The Hall–Kier alpha value is -3.55. The summed E-state index contributed by atoms with van der Waals surface area (Å²) in [6.45, 7) is 0. The van der Waals surface area contributed by atoms with Gasteiger partial charge in [-0.05, 0) is 23.9 Å². The second-order valence-corrected chi connectivity index (χ2v) is 6.57. The van der Waals surface area contributed by atoms with E-state index in [-0.39, 0.29) is 31.4 Å². The second kappa shape index (κ2) is 9.72.